The van der Waals surface area contributed by atoms with E-state index in [2.05, 4.69) is 26.8 Å². The Balaban J connectivity index is 2.05. The van der Waals surface area contributed by atoms with Gasteiger partial charge in [0.15, 0.2) is 0 Å². The van der Waals surface area contributed by atoms with Gasteiger partial charge in [-0.3, -0.25) is 4.79 Å². The van der Waals surface area contributed by atoms with Gasteiger partial charge in [-0.15, -0.1) is 11.3 Å². The highest BCUT2D eigenvalue weighted by atomic mass is 32.1. The molecule has 118 valence electrons. The number of nitrogens with two attached hydrogens (primary N) is 2. The van der Waals surface area contributed by atoms with Crippen LogP contribution in [0.1, 0.15) is 54.5 Å². The van der Waals surface area contributed by atoms with Gasteiger partial charge in [-0.1, -0.05) is 27.2 Å². The number of pyridine rings is 1. The quantitative estimate of drug-likeness (QED) is 0.908. The van der Waals surface area contributed by atoms with Crippen molar-refractivity contribution in [3.05, 3.63) is 22.2 Å². The molecule has 1 aliphatic rings. The summed E-state index contributed by atoms with van der Waals surface area (Å²) in [6, 6.07) is 2.13. The van der Waals surface area contributed by atoms with Gasteiger partial charge in [0.05, 0.1) is 5.69 Å². The molecule has 4 nitrogen and oxygen atoms in total. The molecule has 1 amide bonds. The molecule has 0 fully saturated rings. The first-order valence-corrected chi connectivity index (χ1v) is 8.65. The number of nitrogen functional groups attached to an aromatic ring is 1. The van der Waals surface area contributed by atoms with E-state index in [9.17, 15) is 4.79 Å². The van der Waals surface area contributed by atoms with Gasteiger partial charge in [0.2, 0.25) is 0 Å². The molecule has 0 saturated carbocycles. The third kappa shape index (κ3) is 2.37. The molecule has 0 bridgehead atoms. The fraction of sp³-hybridized carbons (Fsp3) is 0.529. The molecule has 4 N–H and O–H groups in total. The van der Waals surface area contributed by atoms with Crippen LogP contribution in [0.5, 0.6) is 0 Å². The molecule has 1 unspecified atom stereocenters. The number of fused-ring (bicyclic) bond motifs is 2. The Labute approximate surface area is 134 Å². The van der Waals surface area contributed by atoms with Gasteiger partial charge in [0, 0.05) is 11.1 Å². The minimum atomic E-state index is -0.469. The third-order valence-corrected chi connectivity index (χ3v) is 6.46. The Kier molecular flexibility index (Phi) is 3.63. The highest BCUT2D eigenvalue weighted by Gasteiger charge is 2.32. The van der Waals surface area contributed by atoms with Crippen molar-refractivity contribution in [2.45, 2.75) is 46.5 Å². The second kappa shape index (κ2) is 5.23. The fourth-order valence-corrected chi connectivity index (χ4v) is 4.28. The normalized spacial score (nSPS) is 18.4. The van der Waals surface area contributed by atoms with Crippen molar-refractivity contribution in [1.82, 2.24) is 4.98 Å². The molecule has 2 heterocycles. The molecule has 2 aromatic rings. The van der Waals surface area contributed by atoms with E-state index in [4.69, 9.17) is 16.5 Å². The van der Waals surface area contributed by atoms with Crippen LogP contribution in [0.2, 0.25) is 0 Å². The van der Waals surface area contributed by atoms with Crippen molar-refractivity contribution in [3.63, 3.8) is 0 Å². The van der Waals surface area contributed by atoms with E-state index in [1.165, 1.54) is 29.7 Å². The van der Waals surface area contributed by atoms with Crippen LogP contribution in [0.25, 0.3) is 10.2 Å². The molecule has 1 aliphatic carbocycles. The lowest BCUT2D eigenvalue weighted by molar-refractivity contribution is 0.100. The van der Waals surface area contributed by atoms with Crippen LogP contribution in [-0.4, -0.2) is 10.9 Å². The van der Waals surface area contributed by atoms with Crippen molar-refractivity contribution >= 4 is 33.1 Å². The van der Waals surface area contributed by atoms with Crippen molar-refractivity contribution in [1.29, 1.82) is 0 Å². The van der Waals surface area contributed by atoms with Crippen molar-refractivity contribution in [2.24, 2.45) is 17.1 Å². The van der Waals surface area contributed by atoms with Gasteiger partial charge in [-0.25, -0.2) is 4.98 Å². The SMILES string of the molecule is CCC(C)(C)C1CCc2nc3sc(C(N)=O)c(N)c3cc2C1. The average molecular weight is 317 g/mol. The Morgan fingerprint density at radius 3 is 2.86 bits per heavy atom. The van der Waals surface area contributed by atoms with Crippen LogP contribution < -0.4 is 11.5 Å². The van der Waals surface area contributed by atoms with Gasteiger partial charge in [-0.2, -0.15) is 0 Å². The standard InChI is InChI=1S/C17H23N3OS/c1-4-17(2,3)10-5-6-12-9(7-10)8-11-13(18)14(15(19)21)22-16(11)20-12/h8,10H,4-7,18H2,1-3H3,(H2,19,21). The summed E-state index contributed by atoms with van der Waals surface area (Å²) >= 11 is 1.31. The predicted molar refractivity (Wildman–Crippen MR) is 92.1 cm³/mol. The topological polar surface area (TPSA) is 82.0 Å². The van der Waals surface area contributed by atoms with E-state index < -0.39 is 5.91 Å². The number of hydrogen-bond donors (Lipinski definition) is 2. The number of carbonyl (C=O) groups excluding carboxylic acids is 1. The summed E-state index contributed by atoms with van der Waals surface area (Å²) in [5, 5.41) is 0.882. The number of anilines is 1. The molecule has 3 rings (SSSR count). The number of aromatic nitrogens is 1. The summed E-state index contributed by atoms with van der Waals surface area (Å²) in [6.45, 7) is 6.95. The Bertz CT molecular complexity index is 748. The Morgan fingerprint density at radius 1 is 1.50 bits per heavy atom. The third-order valence-electron chi connectivity index (χ3n) is 5.33. The molecule has 0 radical (unpaired) electrons. The van der Waals surface area contributed by atoms with Gasteiger partial charge < -0.3 is 11.5 Å². The number of nitrogens with zero attached hydrogens (tertiary/aromatic N) is 1. The molecular formula is C17H23N3OS. The van der Waals surface area contributed by atoms with Crippen LogP contribution in [0.15, 0.2) is 6.07 Å². The van der Waals surface area contributed by atoms with Crippen LogP contribution in [-0.2, 0) is 12.8 Å². The summed E-state index contributed by atoms with van der Waals surface area (Å²) in [6.07, 6.45) is 4.40. The van der Waals surface area contributed by atoms with E-state index in [0.29, 0.717) is 21.9 Å². The first-order valence-electron chi connectivity index (χ1n) is 7.84. The van der Waals surface area contributed by atoms with E-state index in [0.717, 1.165) is 28.8 Å². The van der Waals surface area contributed by atoms with Crippen LogP contribution in [0.4, 0.5) is 5.69 Å². The number of amides is 1. The maximum atomic E-state index is 11.5. The fourth-order valence-electron chi connectivity index (χ4n) is 3.33. The number of thiophene rings is 1. The van der Waals surface area contributed by atoms with Crippen molar-refractivity contribution < 1.29 is 4.79 Å². The van der Waals surface area contributed by atoms with Crippen LogP contribution in [0.3, 0.4) is 0 Å². The summed E-state index contributed by atoms with van der Waals surface area (Å²) in [5.41, 5.74) is 14.7. The highest BCUT2D eigenvalue weighted by molar-refractivity contribution is 7.21. The van der Waals surface area contributed by atoms with E-state index in [1.54, 1.807) is 0 Å². The summed E-state index contributed by atoms with van der Waals surface area (Å²) in [4.78, 5) is 17.5. The lowest BCUT2D eigenvalue weighted by atomic mass is 9.69. The first-order chi connectivity index (χ1) is 10.3. The van der Waals surface area contributed by atoms with E-state index in [-0.39, 0.29) is 0 Å². The van der Waals surface area contributed by atoms with E-state index >= 15 is 0 Å². The van der Waals surface area contributed by atoms with Crippen molar-refractivity contribution in [3.8, 4) is 0 Å². The first kappa shape index (κ1) is 15.3. The lowest BCUT2D eigenvalue weighted by Gasteiger charge is -2.36. The number of hydrogen-bond acceptors (Lipinski definition) is 4. The zero-order chi connectivity index (χ0) is 16.1. The predicted octanol–water partition coefficient (Wildman–Crippen LogP) is 3.52. The molecule has 1 atom stereocenters. The minimum absolute atomic E-state index is 0.339. The lowest BCUT2D eigenvalue weighted by Crippen LogP contribution is -2.29. The number of aryl methyl sites for hydroxylation is 1. The summed E-state index contributed by atoms with van der Waals surface area (Å²) in [5.74, 6) is 0.197. The van der Waals surface area contributed by atoms with Gasteiger partial charge in [-0.05, 0) is 42.2 Å². The molecule has 0 spiro atoms. The molecule has 0 aliphatic heterocycles. The van der Waals surface area contributed by atoms with Crippen LogP contribution in [0, 0.1) is 11.3 Å². The molecule has 0 aromatic carbocycles. The second-order valence-electron chi connectivity index (χ2n) is 6.94. The maximum absolute atomic E-state index is 11.5. The zero-order valence-electron chi connectivity index (χ0n) is 13.4. The van der Waals surface area contributed by atoms with Crippen molar-refractivity contribution in [2.75, 3.05) is 5.73 Å². The number of carbonyl (C=O) groups is 1. The zero-order valence-corrected chi connectivity index (χ0v) is 14.2. The summed E-state index contributed by atoms with van der Waals surface area (Å²) < 4.78 is 0. The van der Waals surface area contributed by atoms with Crippen LogP contribution >= 0.6 is 11.3 Å². The van der Waals surface area contributed by atoms with Gasteiger partial charge in [0.25, 0.3) is 5.91 Å². The largest absolute Gasteiger partial charge is 0.397 e. The monoisotopic (exact) mass is 317 g/mol. The van der Waals surface area contributed by atoms with E-state index in [1.807, 2.05) is 0 Å². The molecular weight excluding hydrogens is 294 g/mol. The number of rotatable bonds is 3. The smallest absolute Gasteiger partial charge is 0.260 e. The molecule has 2 aromatic heterocycles. The molecule has 5 heteroatoms. The van der Waals surface area contributed by atoms with Gasteiger partial charge >= 0.3 is 0 Å². The average Bonchev–Trinajstić information content (AvgIpc) is 2.81. The maximum Gasteiger partial charge on any atom is 0.260 e. The minimum Gasteiger partial charge on any atom is -0.397 e. The number of primary amides is 1. The Morgan fingerprint density at radius 2 is 2.23 bits per heavy atom. The Hall–Kier alpha value is -1.62. The van der Waals surface area contributed by atoms with Gasteiger partial charge in [0.1, 0.15) is 9.71 Å². The molecule has 22 heavy (non-hydrogen) atoms. The second-order valence-corrected chi connectivity index (χ2v) is 7.94. The highest BCUT2D eigenvalue weighted by Crippen LogP contribution is 2.41. The molecule has 0 saturated heterocycles. The summed E-state index contributed by atoms with van der Waals surface area (Å²) in [7, 11) is 0.